The van der Waals surface area contributed by atoms with E-state index in [2.05, 4.69) is 4.99 Å². The topological polar surface area (TPSA) is 29.4 Å². The summed E-state index contributed by atoms with van der Waals surface area (Å²) < 4.78 is 1.03. The minimum atomic E-state index is 0.0795. The quantitative estimate of drug-likeness (QED) is 0.806. The molecule has 0 aliphatic carbocycles. The number of Topliss-reactive ketones (excluding diaryl/α,β-unsaturated/α-hetero) is 1. The first kappa shape index (κ1) is 12.5. The zero-order valence-electron chi connectivity index (χ0n) is 9.98. The number of ketones is 1. The lowest BCUT2D eigenvalue weighted by molar-refractivity contribution is -0.113. The molecule has 0 aromatic heterocycles. The number of rotatable bonds is 2. The Labute approximate surface area is 110 Å². The van der Waals surface area contributed by atoms with Crippen LogP contribution in [0.5, 0.6) is 0 Å². The van der Waals surface area contributed by atoms with Crippen LogP contribution in [0.4, 0.5) is 5.69 Å². The molecule has 0 atom stereocenters. The van der Waals surface area contributed by atoms with Gasteiger partial charge in [-0.05, 0) is 32.2 Å². The third-order valence-corrected chi connectivity index (χ3v) is 4.74. The Hall–Kier alpha value is -1.00. The van der Waals surface area contributed by atoms with Crippen molar-refractivity contribution in [1.82, 2.24) is 0 Å². The van der Waals surface area contributed by atoms with Crippen molar-refractivity contribution in [2.75, 3.05) is 6.26 Å². The van der Waals surface area contributed by atoms with E-state index in [1.807, 2.05) is 37.4 Å². The molecule has 4 heteroatoms. The fraction of sp³-hybridized carbons (Fsp3) is 0.231. The summed E-state index contributed by atoms with van der Waals surface area (Å²) in [5.41, 5.74) is 2.50. The summed E-state index contributed by atoms with van der Waals surface area (Å²) in [6.07, 6.45) is 1.99. The monoisotopic (exact) mass is 263 g/mol. The molecule has 1 aliphatic rings. The number of nitrogens with zero attached hydrogens (tertiary/aromatic N) is 1. The van der Waals surface area contributed by atoms with Crippen LogP contribution < -0.4 is 0 Å². The van der Waals surface area contributed by atoms with Gasteiger partial charge < -0.3 is 0 Å². The number of aliphatic imine (C=N–C) groups is 1. The largest absolute Gasteiger partial charge is 0.294 e. The number of thioether (sulfide) groups is 2. The summed E-state index contributed by atoms with van der Waals surface area (Å²) in [5.74, 6) is 0.0795. The van der Waals surface area contributed by atoms with Gasteiger partial charge >= 0.3 is 0 Å². The molecule has 0 spiro atoms. The number of carbonyl (C=O) groups is 1. The Morgan fingerprint density at radius 3 is 2.71 bits per heavy atom. The van der Waals surface area contributed by atoms with Gasteiger partial charge in [-0.15, -0.1) is 11.8 Å². The van der Waals surface area contributed by atoms with Crippen LogP contribution in [0.2, 0.25) is 0 Å². The van der Waals surface area contributed by atoms with Crippen molar-refractivity contribution >= 4 is 40.7 Å². The Morgan fingerprint density at radius 2 is 2.06 bits per heavy atom. The third-order valence-electron chi connectivity index (χ3n) is 2.46. The van der Waals surface area contributed by atoms with Crippen molar-refractivity contribution in [1.29, 1.82) is 0 Å². The fourth-order valence-corrected chi connectivity index (χ4v) is 3.77. The van der Waals surface area contributed by atoms with Gasteiger partial charge in [0.05, 0.1) is 21.2 Å². The molecule has 1 aromatic rings. The molecule has 1 aromatic carbocycles. The highest BCUT2D eigenvalue weighted by Crippen LogP contribution is 2.43. The van der Waals surface area contributed by atoms with Crippen molar-refractivity contribution < 1.29 is 4.79 Å². The number of carbonyl (C=O) groups excluding carboxylic acids is 1. The number of hydrogen-bond acceptors (Lipinski definition) is 4. The maximum atomic E-state index is 11.7. The summed E-state index contributed by atoms with van der Waals surface area (Å²) >= 11 is 3.23. The average Bonchev–Trinajstić information content (AvgIpc) is 2.43. The average molecular weight is 263 g/mol. The van der Waals surface area contributed by atoms with E-state index in [0.717, 1.165) is 26.1 Å². The SMILES string of the molecule is CSC1=C(C(C)=O)C(C)=Nc2ccccc2S1. The molecule has 1 heterocycles. The zero-order chi connectivity index (χ0) is 12.4. The Bertz CT molecular complexity index is 532. The van der Waals surface area contributed by atoms with Crippen LogP contribution in [0.15, 0.2) is 44.0 Å². The predicted octanol–water partition coefficient (Wildman–Crippen LogP) is 4.05. The van der Waals surface area contributed by atoms with Gasteiger partial charge in [-0.2, -0.15) is 0 Å². The lowest BCUT2D eigenvalue weighted by Crippen LogP contribution is -2.07. The van der Waals surface area contributed by atoms with Crippen LogP contribution in [0.1, 0.15) is 13.8 Å². The zero-order valence-corrected chi connectivity index (χ0v) is 11.6. The molecule has 0 unspecified atom stereocenters. The standard InChI is InChI=1S/C13H13NOS2/c1-8-12(9(2)15)13(16-3)17-11-7-5-4-6-10(11)14-8/h4-7H,1-3H3. The molecule has 0 N–H and O–H groups in total. The molecule has 0 radical (unpaired) electrons. The summed E-state index contributed by atoms with van der Waals surface area (Å²) in [6, 6.07) is 7.98. The smallest absolute Gasteiger partial charge is 0.163 e. The summed E-state index contributed by atoms with van der Waals surface area (Å²) in [6.45, 7) is 3.50. The first-order valence-electron chi connectivity index (χ1n) is 5.25. The van der Waals surface area contributed by atoms with E-state index >= 15 is 0 Å². The number of allylic oxidation sites excluding steroid dienone is 1. The maximum Gasteiger partial charge on any atom is 0.163 e. The minimum absolute atomic E-state index is 0.0795. The summed E-state index contributed by atoms with van der Waals surface area (Å²) in [4.78, 5) is 17.4. The van der Waals surface area contributed by atoms with Crippen LogP contribution in [0.3, 0.4) is 0 Å². The van der Waals surface area contributed by atoms with Gasteiger partial charge in [-0.1, -0.05) is 23.9 Å². The van der Waals surface area contributed by atoms with Gasteiger partial charge in [0.2, 0.25) is 0 Å². The van der Waals surface area contributed by atoms with Crippen LogP contribution in [-0.4, -0.2) is 17.8 Å². The summed E-state index contributed by atoms with van der Waals surface area (Å²) in [5, 5.41) is 0. The second-order valence-corrected chi connectivity index (χ2v) is 5.82. The van der Waals surface area contributed by atoms with Crippen LogP contribution in [0, 0.1) is 0 Å². The molecule has 0 saturated heterocycles. The fourth-order valence-electron chi connectivity index (χ4n) is 1.71. The highest BCUT2D eigenvalue weighted by atomic mass is 32.2. The van der Waals surface area contributed by atoms with E-state index < -0.39 is 0 Å². The van der Waals surface area contributed by atoms with Gasteiger partial charge in [0, 0.05) is 4.90 Å². The molecule has 0 bridgehead atoms. The number of para-hydroxylation sites is 1. The summed E-state index contributed by atoms with van der Waals surface area (Å²) in [7, 11) is 0. The van der Waals surface area contributed by atoms with Crippen molar-refractivity contribution in [2.45, 2.75) is 18.7 Å². The van der Waals surface area contributed by atoms with Gasteiger partial charge in [0.25, 0.3) is 0 Å². The van der Waals surface area contributed by atoms with Crippen molar-refractivity contribution in [3.8, 4) is 0 Å². The highest BCUT2D eigenvalue weighted by molar-refractivity contribution is 8.22. The van der Waals surface area contributed by atoms with Gasteiger partial charge in [-0.3, -0.25) is 9.79 Å². The number of benzene rings is 1. The van der Waals surface area contributed by atoms with Crippen molar-refractivity contribution in [3.63, 3.8) is 0 Å². The molecule has 0 amide bonds. The van der Waals surface area contributed by atoms with E-state index in [1.54, 1.807) is 30.4 Å². The van der Waals surface area contributed by atoms with Crippen LogP contribution >= 0.6 is 23.5 Å². The van der Waals surface area contributed by atoms with Crippen molar-refractivity contribution in [3.05, 3.63) is 34.1 Å². The van der Waals surface area contributed by atoms with E-state index in [4.69, 9.17) is 0 Å². The maximum absolute atomic E-state index is 11.7. The molecule has 0 saturated carbocycles. The molecular formula is C13H13NOS2. The molecule has 88 valence electrons. The molecule has 2 nitrogen and oxygen atoms in total. The van der Waals surface area contributed by atoms with Crippen LogP contribution in [0.25, 0.3) is 0 Å². The molecule has 2 rings (SSSR count). The van der Waals surface area contributed by atoms with E-state index in [1.165, 1.54) is 0 Å². The van der Waals surface area contributed by atoms with Gasteiger partial charge in [0.1, 0.15) is 0 Å². The Morgan fingerprint density at radius 1 is 1.35 bits per heavy atom. The van der Waals surface area contributed by atoms with E-state index in [9.17, 15) is 4.79 Å². The first-order chi connectivity index (χ1) is 8.13. The second-order valence-electron chi connectivity index (χ2n) is 3.69. The van der Waals surface area contributed by atoms with Gasteiger partial charge in [-0.25, -0.2) is 0 Å². The Balaban J connectivity index is 2.61. The minimum Gasteiger partial charge on any atom is -0.294 e. The normalized spacial score (nSPS) is 15.1. The Kier molecular flexibility index (Phi) is 3.74. The van der Waals surface area contributed by atoms with E-state index in [-0.39, 0.29) is 5.78 Å². The second kappa shape index (κ2) is 5.10. The molecule has 0 fully saturated rings. The first-order valence-corrected chi connectivity index (χ1v) is 7.29. The van der Waals surface area contributed by atoms with Crippen molar-refractivity contribution in [2.24, 2.45) is 4.99 Å². The third kappa shape index (κ3) is 2.48. The highest BCUT2D eigenvalue weighted by Gasteiger charge is 2.20. The number of hydrogen-bond donors (Lipinski definition) is 0. The lowest BCUT2D eigenvalue weighted by atomic mass is 10.1. The van der Waals surface area contributed by atoms with E-state index in [0.29, 0.717) is 0 Å². The number of fused-ring (bicyclic) bond motifs is 1. The van der Waals surface area contributed by atoms with Crippen LogP contribution in [-0.2, 0) is 4.79 Å². The molecule has 1 aliphatic heterocycles. The molecule has 17 heavy (non-hydrogen) atoms. The van der Waals surface area contributed by atoms with Gasteiger partial charge in [0.15, 0.2) is 5.78 Å². The predicted molar refractivity (Wildman–Crippen MR) is 76.3 cm³/mol. The lowest BCUT2D eigenvalue weighted by Gasteiger charge is -2.07. The molecular weight excluding hydrogens is 250 g/mol.